The van der Waals surface area contributed by atoms with Crippen molar-refractivity contribution >= 4 is 0 Å². The van der Waals surface area contributed by atoms with E-state index in [1.807, 2.05) is 13.8 Å². The molecule has 0 amide bonds. The number of hydrogen-bond donors (Lipinski definition) is 4. The molecule has 5 saturated carbocycles. The second-order valence-electron chi connectivity index (χ2n) is 14.6. The first kappa shape index (κ1) is 25.2. The number of aliphatic hydroxyl groups is 4. The van der Waals surface area contributed by atoms with E-state index in [1.165, 1.54) is 32.1 Å². The number of aliphatic hydroxyl groups excluding tert-OH is 4. The van der Waals surface area contributed by atoms with E-state index in [1.54, 1.807) is 6.08 Å². The van der Waals surface area contributed by atoms with E-state index in [0.717, 1.165) is 31.3 Å². The average Bonchev–Trinajstić information content (AvgIpc) is 3.36. The molecular formula is C30H50O4. The van der Waals surface area contributed by atoms with Crippen LogP contribution in [0.25, 0.3) is 0 Å². The van der Waals surface area contributed by atoms with Gasteiger partial charge in [-0.25, -0.2) is 0 Å². The summed E-state index contributed by atoms with van der Waals surface area (Å²) in [5, 5.41) is 43.1. The third-order valence-electron chi connectivity index (χ3n) is 13.2. The van der Waals surface area contributed by atoms with Gasteiger partial charge in [0, 0.05) is 12.5 Å². The van der Waals surface area contributed by atoms with Crippen molar-refractivity contribution in [1.82, 2.24) is 0 Å². The molecule has 194 valence electrons. The number of allylic oxidation sites excluding steroid dienone is 1. The molecule has 34 heavy (non-hydrogen) atoms. The summed E-state index contributed by atoms with van der Waals surface area (Å²) in [4.78, 5) is 0. The van der Waals surface area contributed by atoms with Crippen LogP contribution in [0.3, 0.4) is 0 Å². The van der Waals surface area contributed by atoms with Crippen LogP contribution in [0.4, 0.5) is 0 Å². The molecule has 5 rings (SSSR count). The van der Waals surface area contributed by atoms with Crippen LogP contribution in [-0.4, -0.2) is 45.3 Å². The second kappa shape index (κ2) is 7.79. The molecule has 0 aromatic rings. The van der Waals surface area contributed by atoms with Gasteiger partial charge in [-0.3, -0.25) is 0 Å². The smallest absolute Gasteiger partial charge is 0.0986 e. The van der Waals surface area contributed by atoms with Crippen molar-refractivity contribution in [2.45, 2.75) is 118 Å². The van der Waals surface area contributed by atoms with Crippen molar-refractivity contribution in [2.24, 2.45) is 50.7 Å². The van der Waals surface area contributed by atoms with Gasteiger partial charge in [-0.1, -0.05) is 39.3 Å². The van der Waals surface area contributed by atoms with Crippen LogP contribution in [0.1, 0.15) is 99.3 Å². The van der Waals surface area contributed by atoms with Crippen LogP contribution in [0.15, 0.2) is 11.6 Å². The Morgan fingerprint density at radius 1 is 0.853 bits per heavy atom. The van der Waals surface area contributed by atoms with Gasteiger partial charge in [0.2, 0.25) is 0 Å². The maximum atomic E-state index is 11.1. The predicted molar refractivity (Wildman–Crippen MR) is 135 cm³/mol. The molecule has 4 nitrogen and oxygen atoms in total. The van der Waals surface area contributed by atoms with E-state index < -0.39 is 12.2 Å². The lowest BCUT2D eigenvalue weighted by molar-refractivity contribution is -0.167. The molecule has 0 bridgehead atoms. The van der Waals surface area contributed by atoms with E-state index in [9.17, 15) is 20.4 Å². The number of hydrogen-bond acceptors (Lipinski definition) is 4. The molecule has 0 saturated heterocycles. The highest BCUT2D eigenvalue weighted by Gasteiger charge is 2.82. The van der Waals surface area contributed by atoms with Gasteiger partial charge in [-0.05, 0) is 116 Å². The first-order valence-corrected chi connectivity index (χ1v) is 14.1. The molecule has 4 N–H and O–H groups in total. The van der Waals surface area contributed by atoms with Crippen LogP contribution in [0.5, 0.6) is 0 Å². The van der Waals surface area contributed by atoms with Crippen molar-refractivity contribution in [3.63, 3.8) is 0 Å². The Bertz CT molecular complexity index is 847. The van der Waals surface area contributed by atoms with Crippen molar-refractivity contribution < 1.29 is 20.4 Å². The summed E-state index contributed by atoms with van der Waals surface area (Å²) in [6.45, 7) is 13.4. The van der Waals surface area contributed by atoms with Gasteiger partial charge in [0.1, 0.15) is 0 Å². The zero-order valence-electron chi connectivity index (χ0n) is 22.5. The van der Waals surface area contributed by atoms with E-state index in [4.69, 9.17) is 0 Å². The number of fused-ring (bicyclic) bond motifs is 2. The first-order chi connectivity index (χ1) is 15.8. The van der Waals surface area contributed by atoms with Gasteiger partial charge in [-0.2, -0.15) is 0 Å². The molecule has 0 heterocycles. The first-order valence-electron chi connectivity index (χ1n) is 14.1. The SMILES string of the molecule is CC(C)=C[C@@H](O)[C@@H](O)[C@@H](CO)[C@H]1CC[C@@]2(C)[C@@H]3CC[C@@H]4C(C)(C)[C@@H](O)CC[C@@]45C[C@@]35CC[C@]12C. The molecule has 0 unspecified atom stereocenters. The van der Waals surface area contributed by atoms with Gasteiger partial charge in [0.05, 0.1) is 18.3 Å². The fourth-order valence-corrected chi connectivity index (χ4v) is 11.2. The summed E-state index contributed by atoms with van der Waals surface area (Å²) >= 11 is 0. The van der Waals surface area contributed by atoms with Crippen LogP contribution >= 0.6 is 0 Å². The maximum absolute atomic E-state index is 11.1. The molecule has 5 aliphatic rings. The highest BCUT2D eigenvalue weighted by Crippen LogP contribution is 2.89. The maximum Gasteiger partial charge on any atom is 0.0986 e. The Kier molecular flexibility index (Phi) is 5.78. The molecule has 0 aliphatic heterocycles. The second-order valence-corrected chi connectivity index (χ2v) is 14.6. The molecule has 5 aliphatic carbocycles. The summed E-state index contributed by atoms with van der Waals surface area (Å²) in [6.07, 6.45) is 10.3. The largest absolute Gasteiger partial charge is 0.396 e. The van der Waals surface area contributed by atoms with Crippen molar-refractivity contribution in [3.8, 4) is 0 Å². The van der Waals surface area contributed by atoms with Crippen LogP contribution in [-0.2, 0) is 0 Å². The van der Waals surface area contributed by atoms with Crippen LogP contribution in [0, 0.1) is 50.7 Å². The molecule has 2 spiro atoms. The van der Waals surface area contributed by atoms with E-state index in [0.29, 0.717) is 22.7 Å². The van der Waals surface area contributed by atoms with Gasteiger partial charge >= 0.3 is 0 Å². The minimum atomic E-state index is -0.927. The third-order valence-corrected chi connectivity index (χ3v) is 13.2. The fourth-order valence-electron chi connectivity index (χ4n) is 11.2. The Morgan fingerprint density at radius 2 is 1.50 bits per heavy atom. The zero-order valence-corrected chi connectivity index (χ0v) is 22.5. The van der Waals surface area contributed by atoms with E-state index in [-0.39, 0.29) is 40.8 Å². The summed E-state index contributed by atoms with van der Waals surface area (Å²) < 4.78 is 0. The quantitative estimate of drug-likeness (QED) is 0.419. The van der Waals surface area contributed by atoms with Gasteiger partial charge in [-0.15, -0.1) is 0 Å². The standard InChI is InChI=1S/C30H50O4/c1-18(2)15-21(32)25(34)19(16-31)20-9-11-28(6)23-8-7-22-26(3,4)24(33)10-12-29(22)17-30(23,29)14-13-27(20,28)5/h15,19-25,31-34H,7-14,16-17H2,1-6H3/t19-,20+,21+,22+,23-,24-,25-,27+,28-,29+,30-/m0/s1. The summed E-state index contributed by atoms with van der Waals surface area (Å²) in [5.41, 5.74) is 2.14. The normalized spacial score (nSPS) is 51.2. The minimum absolute atomic E-state index is 0.0136. The van der Waals surface area contributed by atoms with Gasteiger partial charge in [0.15, 0.2) is 0 Å². The van der Waals surface area contributed by atoms with E-state index in [2.05, 4.69) is 27.7 Å². The predicted octanol–water partition coefficient (Wildman–Crippen LogP) is 5.08. The lowest BCUT2D eigenvalue weighted by Gasteiger charge is -2.63. The monoisotopic (exact) mass is 474 g/mol. The Labute approximate surface area is 207 Å². The lowest BCUT2D eigenvalue weighted by Crippen LogP contribution is -2.58. The molecule has 4 heteroatoms. The Hall–Kier alpha value is -0.420. The molecule has 5 fully saturated rings. The van der Waals surface area contributed by atoms with Crippen LogP contribution in [0.2, 0.25) is 0 Å². The Balaban J connectivity index is 1.44. The topological polar surface area (TPSA) is 80.9 Å². The lowest BCUT2D eigenvalue weighted by atomic mass is 9.41. The minimum Gasteiger partial charge on any atom is -0.396 e. The molecule has 0 radical (unpaired) electrons. The molecular weight excluding hydrogens is 424 g/mol. The molecule has 0 aromatic heterocycles. The van der Waals surface area contributed by atoms with Crippen molar-refractivity contribution in [1.29, 1.82) is 0 Å². The fraction of sp³-hybridized carbons (Fsp3) is 0.933. The van der Waals surface area contributed by atoms with Crippen LogP contribution < -0.4 is 0 Å². The molecule has 0 aromatic carbocycles. The summed E-state index contributed by atoms with van der Waals surface area (Å²) in [6, 6.07) is 0. The molecule has 11 atom stereocenters. The van der Waals surface area contributed by atoms with Gasteiger partial charge < -0.3 is 20.4 Å². The highest BCUT2D eigenvalue weighted by atomic mass is 16.3. The third kappa shape index (κ3) is 2.98. The summed E-state index contributed by atoms with van der Waals surface area (Å²) in [7, 11) is 0. The van der Waals surface area contributed by atoms with Crippen molar-refractivity contribution in [2.75, 3.05) is 6.61 Å². The Morgan fingerprint density at radius 3 is 2.15 bits per heavy atom. The van der Waals surface area contributed by atoms with E-state index >= 15 is 0 Å². The zero-order chi connectivity index (χ0) is 24.9. The number of rotatable bonds is 5. The average molecular weight is 475 g/mol. The highest BCUT2D eigenvalue weighted by molar-refractivity contribution is 5.30. The van der Waals surface area contributed by atoms with Gasteiger partial charge in [0.25, 0.3) is 0 Å². The summed E-state index contributed by atoms with van der Waals surface area (Å²) in [5.74, 6) is 1.27. The van der Waals surface area contributed by atoms with Crippen molar-refractivity contribution in [3.05, 3.63) is 11.6 Å².